The molecule has 8 heteroatoms. The number of aromatic amines is 1. The van der Waals surface area contributed by atoms with Crippen molar-refractivity contribution in [3.63, 3.8) is 0 Å². The van der Waals surface area contributed by atoms with Crippen molar-refractivity contribution in [1.29, 1.82) is 0 Å². The maximum atomic E-state index is 13.6. The molecule has 0 fully saturated rings. The second kappa shape index (κ2) is 9.31. The Morgan fingerprint density at radius 2 is 1.86 bits per heavy atom. The molecular formula is C27H24N4O3S. The lowest BCUT2D eigenvalue weighted by molar-refractivity contribution is -0.113. The van der Waals surface area contributed by atoms with Gasteiger partial charge in [-0.2, -0.15) is 0 Å². The molecule has 2 heterocycles. The maximum absolute atomic E-state index is 13.6. The third-order valence-corrected chi connectivity index (χ3v) is 6.75. The van der Waals surface area contributed by atoms with E-state index >= 15 is 0 Å². The minimum absolute atomic E-state index is 0.101. The number of aryl methyl sites for hydroxylation is 2. The number of aromatic nitrogens is 3. The number of ether oxygens (including phenoxy) is 1. The number of H-pyrrole nitrogens is 1. The molecule has 0 atom stereocenters. The van der Waals surface area contributed by atoms with Crippen molar-refractivity contribution in [2.24, 2.45) is 0 Å². The number of nitrogens with zero attached hydrogens (tertiary/aromatic N) is 2. The number of fused-ring (bicyclic) bond motifs is 3. The Kier molecular flexibility index (Phi) is 6.05. The molecule has 0 unspecified atom stereocenters. The first-order valence-electron chi connectivity index (χ1n) is 11.1. The van der Waals surface area contributed by atoms with E-state index in [1.807, 2.05) is 56.3 Å². The van der Waals surface area contributed by atoms with Crippen LogP contribution in [0.1, 0.15) is 11.1 Å². The van der Waals surface area contributed by atoms with Crippen molar-refractivity contribution >= 4 is 45.3 Å². The van der Waals surface area contributed by atoms with Gasteiger partial charge in [-0.15, -0.1) is 0 Å². The zero-order valence-electron chi connectivity index (χ0n) is 19.6. The summed E-state index contributed by atoms with van der Waals surface area (Å²) in [5.41, 5.74) is 5.16. The van der Waals surface area contributed by atoms with Gasteiger partial charge in [-0.25, -0.2) is 4.98 Å². The lowest BCUT2D eigenvalue weighted by Crippen LogP contribution is -2.23. The van der Waals surface area contributed by atoms with Crippen molar-refractivity contribution in [2.75, 3.05) is 18.2 Å². The minimum Gasteiger partial charge on any atom is -0.497 e. The van der Waals surface area contributed by atoms with E-state index in [9.17, 15) is 9.59 Å². The molecule has 5 aromatic rings. The number of carbonyl (C=O) groups excluding carboxylic acids is 1. The zero-order valence-corrected chi connectivity index (χ0v) is 20.4. The molecule has 35 heavy (non-hydrogen) atoms. The van der Waals surface area contributed by atoms with Gasteiger partial charge in [0.1, 0.15) is 16.8 Å². The van der Waals surface area contributed by atoms with Gasteiger partial charge in [-0.1, -0.05) is 47.7 Å². The molecule has 0 aliphatic carbocycles. The van der Waals surface area contributed by atoms with Gasteiger partial charge in [0.2, 0.25) is 5.91 Å². The largest absolute Gasteiger partial charge is 0.497 e. The fourth-order valence-corrected chi connectivity index (χ4v) is 4.87. The summed E-state index contributed by atoms with van der Waals surface area (Å²) in [6.07, 6.45) is 0. The van der Waals surface area contributed by atoms with Crippen LogP contribution in [0, 0.1) is 13.8 Å². The fourth-order valence-electron chi connectivity index (χ4n) is 4.07. The lowest BCUT2D eigenvalue weighted by Gasteiger charge is -2.13. The van der Waals surface area contributed by atoms with E-state index in [1.54, 1.807) is 31.4 Å². The quantitative estimate of drug-likeness (QED) is 0.255. The fraction of sp³-hybridized carbons (Fsp3) is 0.148. The number of benzene rings is 3. The first-order valence-corrected chi connectivity index (χ1v) is 12.1. The van der Waals surface area contributed by atoms with Crippen molar-refractivity contribution in [3.05, 3.63) is 88.2 Å². The van der Waals surface area contributed by atoms with Crippen LogP contribution in [0.4, 0.5) is 5.69 Å². The van der Waals surface area contributed by atoms with E-state index in [4.69, 9.17) is 9.72 Å². The average Bonchev–Trinajstić information content (AvgIpc) is 3.24. The number of para-hydroxylation sites is 1. The molecular weight excluding hydrogens is 460 g/mol. The molecule has 0 spiro atoms. The molecule has 0 saturated heterocycles. The second-order valence-corrected chi connectivity index (χ2v) is 9.22. The number of rotatable bonds is 6. The van der Waals surface area contributed by atoms with E-state index in [0.717, 1.165) is 27.7 Å². The number of hydrogen-bond donors (Lipinski definition) is 2. The van der Waals surface area contributed by atoms with E-state index in [2.05, 4.69) is 10.3 Å². The van der Waals surface area contributed by atoms with Gasteiger partial charge in [0.25, 0.3) is 5.56 Å². The molecule has 0 radical (unpaired) electrons. The number of methoxy groups -OCH3 is 1. The van der Waals surface area contributed by atoms with Crippen LogP contribution in [0.2, 0.25) is 0 Å². The summed E-state index contributed by atoms with van der Waals surface area (Å²) >= 11 is 1.22. The minimum atomic E-state index is -0.228. The molecule has 2 aromatic heterocycles. The highest BCUT2D eigenvalue weighted by Crippen LogP contribution is 2.27. The highest BCUT2D eigenvalue weighted by molar-refractivity contribution is 7.99. The topological polar surface area (TPSA) is 89.0 Å². The number of amides is 1. The van der Waals surface area contributed by atoms with Gasteiger partial charge in [-0.05, 0) is 55.8 Å². The Balaban J connectivity index is 1.54. The van der Waals surface area contributed by atoms with Gasteiger partial charge in [0, 0.05) is 16.6 Å². The van der Waals surface area contributed by atoms with Crippen molar-refractivity contribution in [1.82, 2.24) is 14.5 Å². The SMILES string of the molecule is COc1ccc(-n2c(SCC(=O)Nc3ccc(C)cc3C)nc3c([nH]c4ccccc43)c2=O)cc1. The lowest BCUT2D eigenvalue weighted by atomic mass is 10.1. The maximum Gasteiger partial charge on any atom is 0.283 e. The number of carbonyl (C=O) groups is 1. The Hall–Kier alpha value is -4.04. The molecule has 176 valence electrons. The Morgan fingerprint density at radius 3 is 2.60 bits per heavy atom. The van der Waals surface area contributed by atoms with Crippen LogP contribution in [0.25, 0.3) is 27.6 Å². The number of thioether (sulfide) groups is 1. The van der Waals surface area contributed by atoms with Gasteiger partial charge < -0.3 is 15.0 Å². The highest BCUT2D eigenvalue weighted by Gasteiger charge is 2.18. The predicted octanol–water partition coefficient (Wildman–Crippen LogP) is 5.22. The Morgan fingerprint density at radius 1 is 1.09 bits per heavy atom. The molecule has 7 nitrogen and oxygen atoms in total. The molecule has 0 aliphatic rings. The molecule has 0 aliphatic heterocycles. The predicted molar refractivity (Wildman–Crippen MR) is 141 cm³/mol. The zero-order chi connectivity index (χ0) is 24.5. The van der Waals surface area contributed by atoms with Crippen LogP contribution in [0.5, 0.6) is 5.75 Å². The van der Waals surface area contributed by atoms with Crippen LogP contribution in [-0.4, -0.2) is 33.3 Å². The third-order valence-electron chi connectivity index (χ3n) is 5.81. The summed E-state index contributed by atoms with van der Waals surface area (Å²) in [7, 11) is 1.59. The molecule has 0 bridgehead atoms. The summed E-state index contributed by atoms with van der Waals surface area (Å²) in [5.74, 6) is 0.615. The van der Waals surface area contributed by atoms with Crippen LogP contribution >= 0.6 is 11.8 Å². The highest BCUT2D eigenvalue weighted by atomic mass is 32.2. The molecule has 2 N–H and O–H groups in total. The van der Waals surface area contributed by atoms with E-state index in [1.165, 1.54) is 16.3 Å². The molecule has 5 rings (SSSR count). The summed E-state index contributed by atoms with van der Waals surface area (Å²) in [5, 5.41) is 4.26. The summed E-state index contributed by atoms with van der Waals surface area (Å²) in [6, 6.07) is 20.7. The van der Waals surface area contributed by atoms with Gasteiger partial charge >= 0.3 is 0 Å². The van der Waals surface area contributed by atoms with E-state index in [0.29, 0.717) is 27.6 Å². The van der Waals surface area contributed by atoms with Crippen LogP contribution in [0.15, 0.2) is 76.7 Å². The normalized spacial score (nSPS) is 11.2. The summed E-state index contributed by atoms with van der Waals surface area (Å²) in [6.45, 7) is 3.98. The van der Waals surface area contributed by atoms with Gasteiger partial charge in [-0.3, -0.25) is 14.2 Å². The monoisotopic (exact) mass is 484 g/mol. The van der Waals surface area contributed by atoms with Crippen molar-refractivity contribution in [2.45, 2.75) is 19.0 Å². The Bertz CT molecular complexity index is 1620. The number of anilines is 1. The first kappa shape index (κ1) is 22.7. The van der Waals surface area contributed by atoms with Gasteiger partial charge in [0.05, 0.1) is 18.6 Å². The van der Waals surface area contributed by atoms with Gasteiger partial charge in [0.15, 0.2) is 5.16 Å². The van der Waals surface area contributed by atoms with E-state index < -0.39 is 0 Å². The first-order chi connectivity index (χ1) is 16.9. The third kappa shape index (κ3) is 4.40. The number of nitrogens with one attached hydrogen (secondary N) is 2. The molecule has 3 aromatic carbocycles. The smallest absolute Gasteiger partial charge is 0.283 e. The summed E-state index contributed by atoms with van der Waals surface area (Å²) in [4.78, 5) is 34.5. The second-order valence-electron chi connectivity index (χ2n) is 8.28. The van der Waals surface area contributed by atoms with Crippen LogP contribution < -0.4 is 15.6 Å². The van der Waals surface area contributed by atoms with Crippen LogP contribution in [0.3, 0.4) is 0 Å². The molecule has 1 amide bonds. The number of hydrogen-bond acceptors (Lipinski definition) is 5. The summed E-state index contributed by atoms with van der Waals surface area (Å²) < 4.78 is 6.79. The van der Waals surface area contributed by atoms with E-state index in [-0.39, 0.29) is 17.2 Å². The van der Waals surface area contributed by atoms with Crippen molar-refractivity contribution in [3.8, 4) is 11.4 Å². The van der Waals surface area contributed by atoms with Crippen LogP contribution in [-0.2, 0) is 4.79 Å². The van der Waals surface area contributed by atoms with Crippen molar-refractivity contribution < 1.29 is 9.53 Å². The molecule has 0 saturated carbocycles. The average molecular weight is 485 g/mol. The Labute approximate surface area is 206 Å². The standard InChI is InChI=1S/C27H24N4O3S/c1-16-8-13-21(17(2)14-16)28-23(32)15-35-27-30-24-20-6-4-5-7-22(20)29-25(24)26(33)31(27)18-9-11-19(34-3)12-10-18/h4-14,29H,15H2,1-3H3,(H,28,32).